The van der Waals surface area contributed by atoms with Crippen molar-refractivity contribution in [2.24, 2.45) is 0 Å². The summed E-state index contributed by atoms with van der Waals surface area (Å²) in [6.07, 6.45) is 7.26. The van der Waals surface area contributed by atoms with Crippen LogP contribution in [-0.2, 0) is 6.42 Å². The van der Waals surface area contributed by atoms with E-state index in [9.17, 15) is 9.18 Å². The first-order valence-electron chi connectivity index (χ1n) is 7.56. The summed E-state index contributed by atoms with van der Waals surface area (Å²) in [5.74, 6) is -0.317. The summed E-state index contributed by atoms with van der Waals surface area (Å²) in [4.78, 5) is 17.8. The van der Waals surface area contributed by atoms with Crippen LogP contribution in [0, 0.1) is 5.82 Å². The molecule has 2 rings (SSSR count). The molecule has 2 aromatic rings. The quantitative estimate of drug-likeness (QED) is 0.887. The van der Waals surface area contributed by atoms with E-state index in [1.165, 1.54) is 12.3 Å². The van der Waals surface area contributed by atoms with Crippen molar-refractivity contribution in [3.8, 4) is 0 Å². The third kappa shape index (κ3) is 5.21. The number of likely N-dealkylation sites (N-methyl/N-ethyl adjacent to an activating group) is 1. The maximum Gasteiger partial charge on any atom is 0.321 e. The molecule has 1 aromatic carbocycles. The van der Waals surface area contributed by atoms with E-state index in [0.29, 0.717) is 18.7 Å². The Labute approximate surface area is 135 Å². The minimum Gasteiger partial charge on any atom is -0.324 e. The van der Waals surface area contributed by atoms with Gasteiger partial charge in [-0.2, -0.15) is 0 Å². The largest absolute Gasteiger partial charge is 0.324 e. The van der Waals surface area contributed by atoms with Gasteiger partial charge < -0.3 is 10.2 Å². The van der Waals surface area contributed by atoms with Gasteiger partial charge in [0.2, 0.25) is 0 Å². The number of hydrogen-bond donors (Lipinski definition) is 1. The fourth-order valence-electron chi connectivity index (χ4n) is 2.12. The van der Waals surface area contributed by atoms with Crippen LogP contribution in [0.2, 0.25) is 0 Å². The third-order valence-electron chi connectivity index (χ3n) is 3.46. The van der Waals surface area contributed by atoms with Gasteiger partial charge in [0.15, 0.2) is 0 Å². The summed E-state index contributed by atoms with van der Waals surface area (Å²) >= 11 is 0. The lowest BCUT2D eigenvalue weighted by atomic mass is 10.2. The lowest BCUT2D eigenvalue weighted by Crippen LogP contribution is -2.38. The zero-order valence-corrected chi connectivity index (χ0v) is 13.1. The highest BCUT2D eigenvalue weighted by atomic mass is 19.1. The van der Waals surface area contributed by atoms with Crippen molar-refractivity contribution in [3.63, 3.8) is 0 Å². The van der Waals surface area contributed by atoms with Gasteiger partial charge >= 0.3 is 6.03 Å². The molecule has 0 bridgehead atoms. The van der Waals surface area contributed by atoms with Gasteiger partial charge in [0.05, 0.1) is 0 Å². The first kappa shape index (κ1) is 16.7. The Bertz CT molecular complexity index is 658. The van der Waals surface area contributed by atoms with E-state index in [-0.39, 0.29) is 11.8 Å². The molecule has 0 aliphatic carbocycles. The van der Waals surface area contributed by atoms with Crippen molar-refractivity contribution < 1.29 is 9.18 Å². The summed E-state index contributed by atoms with van der Waals surface area (Å²) in [6.45, 7) is 3.14. The van der Waals surface area contributed by atoms with E-state index in [4.69, 9.17) is 0 Å². The minimum atomic E-state index is -0.317. The van der Waals surface area contributed by atoms with E-state index in [0.717, 1.165) is 12.0 Å². The molecule has 23 heavy (non-hydrogen) atoms. The van der Waals surface area contributed by atoms with E-state index in [2.05, 4.69) is 10.3 Å². The topological polar surface area (TPSA) is 45.2 Å². The lowest BCUT2D eigenvalue weighted by Gasteiger charge is -2.20. The molecule has 5 heteroatoms. The molecule has 2 amide bonds. The second-order valence-electron chi connectivity index (χ2n) is 4.99. The SMILES string of the molecule is CCN(CCc1ccncc1)C(=O)N/C=C/c1ccccc1F. The van der Waals surface area contributed by atoms with E-state index < -0.39 is 0 Å². The van der Waals surface area contributed by atoms with Gasteiger partial charge in [-0.1, -0.05) is 18.2 Å². The Balaban J connectivity index is 1.86. The molecule has 0 radical (unpaired) electrons. The first-order valence-corrected chi connectivity index (χ1v) is 7.56. The average molecular weight is 313 g/mol. The number of nitrogens with one attached hydrogen (secondary N) is 1. The van der Waals surface area contributed by atoms with Gasteiger partial charge in [-0.15, -0.1) is 0 Å². The number of pyridine rings is 1. The van der Waals surface area contributed by atoms with Crippen molar-refractivity contribution in [1.29, 1.82) is 0 Å². The molecule has 0 saturated carbocycles. The molecule has 1 aromatic heterocycles. The van der Waals surface area contributed by atoms with Gasteiger partial charge in [-0.05, 0) is 43.2 Å². The molecule has 0 saturated heterocycles. The van der Waals surface area contributed by atoms with Crippen LogP contribution in [0.3, 0.4) is 0 Å². The molecule has 1 heterocycles. The van der Waals surface area contributed by atoms with Crippen molar-refractivity contribution >= 4 is 12.1 Å². The highest BCUT2D eigenvalue weighted by Gasteiger charge is 2.09. The number of rotatable bonds is 6. The number of benzene rings is 1. The number of halogens is 1. The summed E-state index contributed by atoms with van der Waals surface area (Å²) in [6, 6.07) is 10.1. The fraction of sp³-hybridized carbons (Fsp3) is 0.222. The summed E-state index contributed by atoms with van der Waals surface area (Å²) in [5.41, 5.74) is 1.57. The molecule has 0 fully saturated rings. The van der Waals surface area contributed by atoms with Crippen molar-refractivity contribution in [3.05, 3.63) is 71.9 Å². The summed E-state index contributed by atoms with van der Waals surface area (Å²) < 4.78 is 13.5. The normalized spacial score (nSPS) is 10.7. The van der Waals surface area contributed by atoms with E-state index in [1.54, 1.807) is 41.6 Å². The van der Waals surface area contributed by atoms with Crippen LogP contribution < -0.4 is 5.32 Å². The number of carbonyl (C=O) groups excluding carboxylic acids is 1. The van der Waals surface area contributed by atoms with Gasteiger partial charge in [0.1, 0.15) is 5.82 Å². The van der Waals surface area contributed by atoms with Gasteiger partial charge in [0, 0.05) is 37.2 Å². The Morgan fingerprint density at radius 1 is 1.26 bits per heavy atom. The van der Waals surface area contributed by atoms with Gasteiger partial charge in [-0.25, -0.2) is 9.18 Å². The monoisotopic (exact) mass is 313 g/mol. The Morgan fingerprint density at radius 2 is 2.00 bits per heavy atom. The van der Waals surface area contributed by atoms with Crippen LogP contribution in [0.15, 0.2) is 55.0 Å². The third-order valence-corrected chi connectivity index (χ3v) is 3.46. The summed E-state index contributed by atoms with van der Waals surface area (Å²) in [7, 11) is 0. The molecule has 0 aliphatic rings. The highest BCUT2D eigenvalue weighted by Crippen LogP contribution is 2.07. The van der Waals surface area contributed by atoms with Crippen LogP contribution in [0.4, 0.5) is 9.18 Å². The molecule has 0 atom stereocenters. The number of carbonyl (C=O) groups is 1. The van der Waals surface area contributed by atoms with Crippen molar-refractivity contribution in [2.45, 2.75) is 13.3 Å². The molecule has 0 spiro atoms. The van der Waals surface area contributed by atoms with Gasteiger partial charge in [0.25, 0.3) is 0 Å². The average Bonchev–Trinajstić information content (AvgIpc) is 2.58. The molecule has 1 N–H and O–H groups in total. The first-order chi connectivity index (χ1) is 11.2. The highest BCUT2D eigenvalue weighted by molar-refractivity contribution is 5.76. The predicted molar refractivity (Wildman–Crippen MR) is 89.2 cm³/mol. The van der Waals surface area contributed by atoms with Crippen LogP contribution in [0.5, 0.6) is 0 Å². The summed E-state index contributed by atoms with van der Waals surface area (Å²) in [5, 5.41) is 2.67. The Morgan fingerprint density at radius 3 is 2.70 bits per heavy atom. The number of hydrogen-bond acceptors (Lipinski definition) is 2. The smallest absolute Gasteiger partial charge is 0.321 e. The number of urea groups is 1. The predicted octanol–water partition coefficient (Wildman–Crippen LogP) is 3.47. The minimum absolute atomic E-state index is 0.200. The fourth-order valence-corrected chi connectivity index (χ4v) is 2.12. The standard InChI is InChI=1S/C18H20FN3O/c1-2-22(14-10-15-7-11-20-12-8-15)18(23)21-13-9-16-5-3-4-6-17(16)19/h3-9,11-13H,2,10,14H2,1H3,(H,21,23)/b13-9+. The second kappa shape index (κ2) is 8.68. The van der Waals surface area contributed by atoms with Crippen molar-refractivity contribution in [1.82, 2.24) is 15.2 Å². The molecular weight excluding hydrogens is 293 g/mol. The number of amides is 2. The lowest BCUT2D eigenvalue weighted by molar-refractivity contribution is 0.205. The Kier molecular flexibility index (Phi) is 6.29. The zero-order valence-electron chi connectivity index (χ0n) is 13.1. The van der Waals surface area contributed by atoms with Crippen LogP contribution in [0.25, 0.3) is 6.08 Å². The maximum atomic E-state index is 13.5. The van der Waals surface area contributed by atoms with Crippen LogP contribution in [-0.4, -0.2) is 29.0 Å². The molecular formula is C18H20FN3O. The zero-order chi connectivity index (χ0) is 16.5. The van der Waals surface area contributed by atoms with Crippen LogP contribution in [0.1, 0.15) is 18.1 Å². The molecule has 4 nitrogen and oxygen atoms in total. The molecule has 0 aliphatic heterocycles. The number of aromatic nitrogens is 1. The van der Waals surface area contributed by atoms with E-state index in [1.807, 2.05) is 19.1 Å². The number of nitrogens with zero attached hydrogens (tertiary/aromatic N) is 2. The maximum absolute atomic E-state index is 13.5. The van der Waals surface area contributed by atoms with Crippen molar-refractivity contribution in [2.75, 3.05) is 13.1 Å². The second-order valence-corrected chi connectivity index (χ2v) is 4.99. The molecule has 120 valence electrons. The van der Waals surface area contributed by atoms with Crippen LogP contribution >= 0.6 is 0 Å². The van der Waals surface area contributed by atoms with Gasteiger partial charge in [-0.3, -0.25) is 4.98 Å². The molecule has 0 unspecified atom stereocenters. The Hall–Kier alpha value is -2.69. The van der Waals surface area contributed by atoms with E-state index >= 15 is 0 Å².